The van der Waals surface area contributed by atoms with Crippen molar-refractivity contribution in [3.63, 3.8) is 0 Å². The molecule has 3 nitrogen and oxygen atoms in total. The van der Waals surface area contributed by atoms with Gasteiger partial charge < -0.3 is 4.74 Å². The Morgan fingerprint density at radius 2 is 1.79 bits per heavy atom. The highest BCUT2D eigenvalue weighted by atomic mass is 16.5. The monoisotopic (exact) mass is 250 g/mol. The lowest BCUT2D eigenvalue weighted by atomic mass is 10.1. The number of hydrogen-bond acceptors (Lipinski definition) is 2. The minimum Gasteiger partial charge on any atom is -0.497 e. The number of ether oxygens (including phenoxy) is 1. The predicted octanol–water partition coefficient (Wildman–Crippen LogP) is 3.17. The van der Waals surface area contributed by atoms with Crippen LogP contribution in [0, 0.1) is 0 Å². The number of Topliss-reactive ketones (excluding diaryl/α,β-unsaturated/α-hetero) is 1. The molecule has 0 amide bonds. The van der Waals surface area contributed by atoms with E-state index in [0.717, 1.165) is 17.0 Å². The lowest BCUT2D eigenvalue weighted by Gasteiger charge is -2.03. The van der Waals surface area contributed by atoms with Gasteiger partial charge in [0.1, 0.15) is 11.4 Å². The van der Waals surface area contributed by atoms with Crippen LogP contribution in [-0.4, -0.2) is 12.9 Å². The number of allylic oxidation sites excluding steroid dienone is 1. The van der Waals surface area contributed by atoms with Crippen molar-refractivity contribution in [2.24, 2.45) is 0 Å². The zero-order chi connectivity index (χ0) is 13.2. The minimum atomic E-state index is -0.0705. The van der Waals surface area contributed by atoms with Gasteiger partial charge in [0.05, 0.1) is 12.8 Å². The molecule has 2 aromatic rings. The first kappa shape index (κ1) is 11.5. The first-order chi connectivity index (χ1) is 9.28. The number of rotatable bonds is 3. The van der Waals surface area contributed by atoms with Crippen molar-refractivity contribution in [3.8, 4) is 5.75 Å². The molecule has 1 aliphatic heterocycles. The molecule has 0 fully saturated rings. The molecule has 3 heteroatoms. The SMILES string of the molecule is COc1ccc(C(=O)C2=Cc3ccccc3[N]2)cc1. The molecule has 1 radical (unpaired) electrons. The molecule has 3 rings (SSSR count). The van der Waals surface area contributed by atoms with E-state index in [0.29, 0.717) is 11.3 Å². The average molecular weight is 250 g/mol. The Hall–Kier alpha value is -2.55. The van der Waals surface area contributed by atoms with E-state index in [9.17, 15) is 4.79 Å². The molecule has 93 valence electrons. The van der Waals surface area contributed by atoms with Gasteiger partial charge in [0.15, 0.2) is 0 Å². The van der Waals surface area contributed by atoms with Crippen molar-refractivity contribution < 1.29 is 9.53 Å². The lowest BCUT2D eigenvalue weighted by molar-refractivity contribution is 0.103. The molecule has 0 saturated heterocycles. The van der Waals surface area contributed by atoms with Crippen molar-refractivity contribution in [2.45, 2.75) is 0 Å². The van der Waals surface area contributed by atoms with Crippen LogP contribution in [0.2, 0.25) is 0 Å². The molecule has 0 saturated carbocycles. The summed E-state index contributed by atoms with van der Waals surface area (Å²) in [6.45, 7) is 0. The van der Waals surface area contributed by atoms with Gasteiger partial charge in [-0.3, -0.25) is 4.79 Å². The zero-order valence-corrected chi connectivity index (χ0v) is 10.5. The Bertz CT molecular complexity index is 657. The van der Waals surface area contributed by atoms with Gasteiger partial charge in [0.25, 0.3) is 0 Å². The zero-order valence-electron chi connectivity index (χ0n) is 10.5. The predicted molar refractivity (Wildman–Crippen MR) is 73.5 cm³/mol. The first-order valence-electron chi connectivity index (χ1n) is 5.99. The van der Waals surface area contributed by atoms with Crippen LogP contribution in [0.15, 0.2) is 54.2 Å². The highest BCUT2D eigenvalue weighted by Crippen LogP contribution is 2.28. The van der Waals surface area contributed by atoms with E-state index in [2.05, 4.69) is 5.32 Å². The van der Waals surface area contributed by atoms with E-state index < -0.39 is 0 Å². The van der Waals surface area contributed by atoms with Gasteiger partial charge in [0.2, 0.25) is 5.78 Å². The summed E-state index contributed by atoms with van der Waals surface area (Å²) < 4.78 is 5.08. The van der Waals surface area contributed by atoms with Gasteiger partial charge in [-0.05, 0) is 36.4 Å². The number of methoxy groups -OCH3 is 1. The van der Waals surface area contributed by atoms with Crippen LogP contribution >= 0.6 is 0 Å². The van der Waals surface area contributed by atoms with Crippen LogP contribution in [0.5, 0.6) is 5.75 Å². The number of benzene rings is 2. The van der Waals surface area contributed by atoms with Crippen LogP contribution in [0.4, 0.5) is 5.69 Å². The second kappa shape index (κ2) is 4.61. The molecule has 0 spiro atoms. The summed E-state index contributed by atoms with van der Waals surface area (Å²) in [4.78, 5) is 12.3. The fourth-order valence-electron chi connectivity index (χ4n) is 2.03. The van der Waals surface area contributed by atoms with E-state index >= 15 is 0 Å². The maximum atomic E-state index is 12.3. The number of carbonyl (C=O) groups excluding carboxylic acids is 1. The number of hydrogen-bond donors (Lipinski definition) is 0. The molecule has 0 N–H and O–H groups in total. The molecule has 0 aliphatic carbocycles. The summed E-state index contributed by atoms with van der Waals surface area (Å²) in [5, 5.41) is 4.35. The van der Waals surface area contributed by atoms with Crippen molar-refractivity contribution in [1.29, 1.82) is 0 Å². The van der Waals surface area contributed by atoms with E-state index in [-0.39, 0.29) is 5.78 Å². The van der Waals surface area contributed by atoms with Gasteiger partial charge in [-0.1, -0.05) is 18.2 Å². The highest BCUT2D eigenvalue weighted by Gasteiger charge is 2.20. The summed E-state index contributed by atoms with van der Waals surface area (Å²) in [6, 6.07) is 14.8. The van der Waals surface area contributed by atoms with Crippen molar-refractivity contribution >= 4 is 17.5 Å². The van der Waals surface area contributed by atoms with Crippen LogP contribution in [0.1, 0.15) is 15.9 Å². The van der Waals surface area contributed by atoms with Gasteiger partial charge in [-0.25, -0.2) is 5.32 Å². The first-order valence-corrected chi connectivity index (χ1v) is 5.99. The minimum absolute atomic E-state index is 0.0705. The van der Waals surface area contributed by atoms with Gasteiger partial charge in [-0.15, -0.1) is 0 Å². The smallest absolute Gasteiger partial charge is 0.211 e. The third-order valence-electron chi connectivity index (χ3n) is 3.05. The Labute approximate surface area is 111 Å². The molecule has 1 aliphatic rings. The quantitative estimate of drug-likeness (QED) is 0.785. The Kier molecular flexibility index (Phi) is 2.80. The van der Waals surface area contributed by atoms with Gasteiger partial charge >= 0.3 is 0 Å². The third kappa shape index (κ3) is 2.10. The maximum absolute atomic E-state index is 12.3. The second-order valence-corrected chi connectivity index (χ2v) is 4.26. The summed E-state index contributed by atoms with van der Waals surface area (Å²) in [5.41, 5.74) is 2.92. The molecule has 2 aromatic carbocycles. The molecular weight excluding hydrogens is 238 g/mol. The molecule has 0 atom stereocenters. The lowest BCUT2D eigenvalue weighted by Crippen LogP contribution is -2.07. The number of ketones is 1. The van der Waals surface area contributed by atoms with E-state index in [4.69, 9.17) is 4.74 Å². The number of fused-ring (bicyclic) bond motifs is 1. The highest BCUT2D eigenvalue weighted by molar-refractivity contribution is 6.12. The Morgan fingerprint density at radius 1 is 1.05 bits per heavy atom. The van der Waals surface area contributed by atoms with E-state index in [1.807, 2.05) is 30.3 Å². The summed E-state index contributed by atoms with van der Waals surface area (Å²) in [7, 11) is 1.60. The van der Waals surface area contributed by atoms with Crippen molar-refractivity contribution in [3.05, 3.63) is 65.4 Å². The second-order valence-electron chi connectivity index (χ2n) is 4.26. The molecule has 19 heavy (non-hydrogen) atoms. The van der Waals surface area contributed by atoms with Crippen LogP contribution in [0.3, 0.4) is 0 Å². The topological polar surface area (TPSA) is 40.4 Å². The Morgan fingerprint density at radius 3 is 2.47 bits per heavy atom. The van der Waals surface area contributed by atoms with Crippen molar-refractivity contribution in [2.75, 3.05) is 7.11 Å². The largest absolute Gasteiger partial charge is 0.497 e. The molecule has 0 bridgehead atoms. The maximum Gasteiger partial charge on any atom is 0.211 e. The number of para-hydroxylation sites is 1. The van der Waals surface area contributed by atoms with Crippen LogP contribution in [-0.2, 0) is 0 Å². The van der Waals surface area contributed by atoms with E-state index in [1.165, 1.54) is 0 Å². The summed E-state index contributed by atoms with van der Waals surface area (Å²) in [6.07, 6.45) is 1.82. The normalized spacial score (nSPS) is 12.4. The van der Waals surface area contributed by atoms with Gasteiger partial charge in [-0.2, -0.15) is 0 Å². The Balaban J connectivity index is 1.86. The molecule has 1 heterocycles. The molecule has 0 aromatic heterocycles. The van der Waals surface area contributed by atoms with Crippen molar-refractivity contribution in [1.82, 2.24) is 5.32 Å². The fourth-order valence-corrected chi connectivity index (χ4v) is 2.03. The van der Waals surface area contributed by atoms with E-state index in [1.54, 1.807) is 31.4 Å². The van der Waals surface area contributed by atoms with Crippen LogP contribution in [0.25, 0.3) is 6.08 Å². The standard InChI is InChI=1S/C16H12NO2/c1-19-13-8-6-11(7-9-13)16(18)15-10-12-4-2-3-5-14(12)17-15/h2-10H,1H3. The third-order valence-corrected chi connectivity index (χ3v) is 3.05. The van der Waals surface area contributed by atoms with Crippen LogP contribution < -0.4 is 10.1 Å². The summed E-state index contributed by atoms with van der Waals surface area (Å²) >= 11 is 0. The molecule has 0 unspecified atom stereocenters. The fraction of sp³-hybridized carbons (Fsp3) is 0.0625. The number of nitrogens with zero attached hydrogens (tertiary/aromatic N) is 1. The van der Waals surface area contributed by atoms with Gasteiger partial charge in [0, 0.05) is 11.1 Å². The number of carbonyl (C=O) groups is 1. The average Bonchev–Trinajstić information content (AvgIpc) is 2.90. The molecular formula is C16H12NO2. The summed E-state index contributed by atoms with van der Waals surface area (Å²) in [5.74, 6) is 0.663.